The van der Waals surface area contributed by atoms with Crippen molar-refractivity contribution in [2.24, 2.45) is 0 Å². The Morgan fingerprint density at radius 1 is 1.14 bits per heavy atom. The lowest BCUT2D eigenvalue weighted by Gasteiger charge is -1.68. The van der Waals surface area contributed by atoms with Crippen molar-refractivity contribution in [1.82, 2.24) is 0 Å². The summed E-state index contributed by atoms with van der Waals surface area (Å²) >= 11 is 0. The summed E-state index contributed by atoms with van der Waals surface area (Å²) in [5.74, 6) is 0. The van der Waals surface area contributed by atoms with Gasteiger partial charge < -0.3 is 0 Å². The van der Waals surface area contributed by atoms with Crippen LogP contribution in [0, 0.1) is 0 Å². The third-order valence-corrected chi connectivity index (χ3v) is 0. The van der Waals surface area contributed by atoms with Crippen LogP contribution in [0.3, 0.4) is 0 Å². The zero-order valence-electron chi connectivity index (χ0n) is 3.53. The zero-order valence-corrected chi connectivity index (χ0v) is 4.35. The second-order valence-electron chi connectivity index (χ2n) is 0.448. The van der Waals surface area contributed by atoms with E-state index >= 15 is 0 Å². The summed E-state index contributed by atoms with van der Waals surface area (Å²) in [5.41, 5.74) is 0. The van der Waals surface area contributed by atoms with Crippen LogP contribution in [0.5, 0.6) is 0 Å². The van der Waals surface area contributed by atoms with Crippen molar-refractivity contribution >= 4 is 10.4 Å². The van der Waals surface area contributed by atoms with Gasteiger partial charge in [-0.1, -0.05) is 0 Å². The fraction of sp³-hybridized carbons (Fsp3) is 0. The molecule has 0 heterocycles. The Bertz CT molecular complexity index is 104. The third-order valence-electron chi connectivity index (χ3n) is 0. The smallest absolute Gasteiger partial charge is 0.264 e. The van der Waals surface area contributed by atoms with Crippen molar-refractivity contribution in [1.29, 1.82) is 0 Å². The van der Waals surface area contributed by atoms with Gasteiger partial charge in [-0.25, -0.2) is 0 Å². The molecule has 0 fully saturated rings. The second kappa shape index (κ2) is 3.79. The molecule has 2 N–H and O–H groups in total. The summed E-state index contributed by atoms with van der Waals surface area (Å²) in [5, 5.41) is 0. The average molecular weight is 126 g/mol. The summed E-state index contributed by atoms with van der Waals surface area (Å²) in [4.78, 5) is 0. The van der Waals surface area contributed by atoms with Gasteiger partial charge in [-0.05, 0) is 0 Å². The molecule has 0 aliphatic rings. The highest BCUT2D eigenvalue weighted by molar-refractivity contribution is 7.79. The van der Waals surface area contributed by atoms with Crippen LogP contribution in [0.1, 0.15) is 0 Å². The Morgan fingerprint density at radius 2 is 1.14 bits per heavy atom. The molecule has 7 heavy (non-hydrogen) atoms. The third kappa shape index (κ3) is 481. The van der Waals surface area contributed by atoms with Gasteiger partial charge >= 0.3 is 10.4 Å². The standard InChI is InChI=1S/C2H4.H2O4S/c1-2;1-5(2,3)4/h1-2H2;(H2,1,2,3,4). The van der Waals surface area contributed by atoms with Crippen molar-refractivity contribution in [2.45, 2.75) is 0 Å². The van der Waals surface area contributed by atoms with E-state index in [4.69, 9.17) is 17.5 Å². The first-order valence-electron chi connectivity index (χ1n) is 1.20. The molecule has 5 heteroatoms. The first-order chi connectivity index (χ1) is 3.00. The number of rotatable bonds is 0. The Kier molecular flexibility index (Phi) is 5.30. The normalized spacial score (nSPS) is 8.86. The van der Waals surface area contributed by atoms with E-state index in [9.17, 15) is 0 Å². The minimum absolute atomic E-state index is 3.00. The Hall–Kier alpha value is -0.390. The van der Waals surface area contributed by atoms with Gasteiger partial charge in [0.1, 0.15) is 0 Å². The highest BCUT2D eigenvalue weighted by Crippen LogP contribution is 1.59. The van der Waals surface area contributed by atoms with E-state index in [1.54, 1.807) is 0 Å². The molecule has 0 bridgehead atoms. The maximum Gasteiger partial charge on any atom is 0.394 e. The fourth-order valence-electron chi connectivity index (χ4n) is 0. The quantitative estimate of drug-likeness (QED) is 0.358. The predicted molar refractivity (Wildman–Crippen MR) is 25.4 cm³/mol. The van der Waals surface area contributed by atoms with Gasteiger partial charge in [0.2, 0.25) is 0 Å². The van der Waals surface area contributed by atoms with Gasteiger partial charge in [0.15, 0.2) is 0 Å². The molecule has 0 spiro atoms. The predicted octanol–water partition coefficient (Wildman–Crippen LogP) is 0.149. The molecule has 0 amide bonds. The average Bonchev–Trinajstić information content (AvgIpc) is 1.36. The van der Waals surface area contributed by atoms with E-state index in [-0.39, 0.29) is 0 Å². The van der Waals surface area contributed by atoms with Crippen molar-refractivity contribution in [2.75, 3.05) is 0 Å². The summed E-state index contributed by atoms with van der Waals surface area (Å²) < 4.78 is 31.6. The van der Waals surface area contributed by atoms with Gasteiger partial charge in [-0.3, -0.25) is 9.11 Å². The lowest BCUT2D eigenvalue weighted by atomic mass is 11.3. The monoisotopic (exact) mass is 126 g/mol. The van der Waals surface area contributed by atoms with Crippen LogP contribution in [0.15, 0.2) is 13.2 Å². The lowest BCUT2D eigenvalue weighted by molar-refractivity contribution is 0.381. The zero-order chi connectivity index (χ0) is 6.50. The first kappa shape index (κ1) is 9.79. The molecule has 0 saturated carbocycles. The summed E-state index contributed by atoms with van der Waals surface area (Å²) in [6.07, 6.45) is 0. The van der Waals surface area contributed by atoms with E-state index in [1.165, 1.54) is 0 Å². The molecule has 0 rings (SSSR count). The Labute approximate surface area is 42.1 Å². The molecule has 0 aromatic carbocycles. The van der Waals surface area contributed by atoms with E-state index in [2.05, 4.69) is 13.2 Å². The van der Waals surface area contributed by atoms with E-state index in [0.717, 1.165) is 0 Å². The highest BCUT2D eigenvalue weighted by atomic mass is 32.3. The van der Waals surface area contributed by atoms with Crippen molar-refractivity contribution in [3.05, 3.63) is 13.2 Å². The lowest BCUT2D eigenvalue weighted by Crippen LogP contribution is -1.89. The largest absolute Gasteiger partial charge is 0.394 e. The minimum atomic E-state index is -4.67. The van der Waals surface area contributed by atoms with Crippen molar-refractivity contribution < 1.29 is 17.5 Å². The van der Waals surface area contributed by atoms with Gasteiger partial charge in [-0.2, -0.15) is 8.42 Å². The minimum Gasteiger partial charge on any atom is -0.264 e. The summed E-state index contributed by atoms with van der Waals surface area (Å²) in [6.45, 7) is 6.00. The molecule has 4 nitrogen and oxygen atoms in total. The van der Waals surface area contributed by atoms with Crippen LogP contribution in [0.4, 0.5) is 0 Å². The van der Waals surface area contributed by atoms with Crippen LogP contribution in [-0.4, -0.2) is 17.5 Å². The molecular weight excluding hydrogens is 120 g/mol. The highest BCUT2D eigenvalue weighted by Gasteiger charge is 1.84. The molecule has 0 saturated heterocycles. The van der Waals surface area contributed by atoms with E-state index in [0.29, 0.717) is 0 Å². The summed E-state index contributed by atoms with van der Waals surface area (Å²) in [6, 6.07) is 0. The van der Waals surface area contributed by atoms with Gasteiger partial charge in [-0.15, -0.1) is 13.2 Å². The van der Waals surface area contributed by atoms with Crippen LogP contribution >= 0.6 is 0 Å². The molecule has 44 valence electrons. The SMILES string of the molecule is C=C.O=S(=O)(O)O. The van der Waals surface area contributed by atoms with Gasteiger partial charge in [0, 0.05) is 0 Å². The number of hydrogen-bond donors (Lipinski definition) is 2. The van der Waals surface area contributed by atoms with E-state index in [1.807, 2.05) is 0 Å². The van der Waals surface area contributed by atoms with Gasteiger partial charge in [0.05, 0.1) is 0 Å². The molecule has 0 aliphatic carbocycles. The van der Waals surface area contributed by atoms with Crippen LogP contribution in [-0.2, 0) is 10.4 Å². The van der Waals surface area contributed by atoms with Crippen LogP contribution in [0.2, 0.25) is 0 Å². The van der Waals surface area contributed by atoms with E-state index < -0.39 is 10.4 Å². The molecule has 0 atom stereocenters. The Morgan fingerprint density at radius 3 is 1.14 bits per heavy atom. The Balaban J connectivity index is 0. The maximum atomic E-state index is 8.74. The fourth-order valence-corrected chi connectivity index (χ4v) is 0. The molecule has 0 aromatic rings. The molecular formula is C2H6O4S. The first-order valence-corrected chi connectivity index (χ1v) is 2.60. The maximum absolute atomic E-state index is 8.74. The van der Waals surface area contributed by atoms with Crippen molar-refractivity contribution in [3.8, 4) is 0 Å². The molecule has 0 unspecified atom stereocenters. The van der Waals surface area contributed by atoms with Gasteiger partial charge in [0.25, 0.3) is 0 Å². The van der Waals surface area contributed by atoms with Crippen molar-refractivity contribution in [3.63, 3.8) is 0 Å². The molecule has 0 aliphatic heterocycles. The summed E-state index contributed by atoms with van der Waals surface area (Å²) in [7, 11) is -4.67. The number of hydrogen-bond acceptors (Lipinski definition) is 2. The topological polar surface area (TPSA) is 74.6 Å². The molecule has 0 aromatic heterocycles. The van der Waals surface area contributed by atoms with Crippen LogP contribution in [0.25, 0.3) is 0 Å². The molecule has 0 radical (unpaired) electrons. The van der Waals surface area contributed by atoms with Crippen LogP contribution < -0.4 is 0 Å². The second-order valence-corrected chi connectivity index (χ2v) is 1.34.